The van der Waals surface area contributed by atoms with E-state index in [1.54, 1.807) is 20.4 Å². The van der Waals surface area contributed by atoms with E-state index in [0.717, 1.165) is 50.6 Å². The number of nitrogen functional groups attached to an aromatic ring is 1. The number of benzene rings is 1. The molecule has 0 bridgehead atoms. The van der Waals surface area contributed by atoms with Gasteiger partial charge in [0.15, 0.2) is 28.5 Å². The Morgan fingerprint density at radius 2 is 1.68 bits per heavy atom. The van der Waals surface area contributed by atoms with Gasteiger partial charge in [0.1, 0.15) is 0 Å². The minimum Gasteiger partial charge on any atom is -0.493 e. The Bertz CT molecular complexity index is 1270. The van der Waals surface area contributed by atoms with E-state index < -0.39 is 0 Å². The van der Waals surface area contributed by atoms with Crippen LogP contribution >= 0.6 is 0 Å². The van der Waals surface area contributed by atoms with Crippen LogP contribution in [0.2, 0.25) is 0 Å². The van der Waals surface area contributed by atoms with Crippen molar-refractivity contribution in [2.24, 2.45) is 0 Å². The van der Waals surface area contributed by atoms with Crippen LogP contribution in [0.3, 0.4) is 0 Å². The topological polar surface area (TPSA) is 107 Å². The number of methoxy groups -OCH3 is 2. The molecule has 0 unspecified atom stereocenters. The average molecular weight is 461 g/mol. The molecule has 0 radical (unpaired) electrons. The fourth-order valence-electron chi connectivity index (χ4n) is 4.22. The smallest absolute Gasteiger partial charge is 0.224 e. The molecule has 4 heterocycles. The summed E-state index contributed by atoms with van der Waals surface area (Å²) in [4.78, 5) is 23.0. The Kier molecular flexibility index (Phi) is 6.13. The Labute approximate surface area is 198 Å². The van der Waals surface area contributed by atoms with E-state index in [4.69, 9.17) is 20.2 Å². The van der Waals surface area contributed by atoms with Crippen molar-refractivity contribution in [2.75, 3.05) is 57.6 Å². The zero-order chi connectivity index (χ0) is 23.5. The largest absolute Gasteiger partial charge is 0.493 e. The first-order valence-electron chi connectivity index (χ1n) is 11.3. The number of nitrogens with two attached hydrogens (primary N) is 1. The summed E-state index contributed by atoms with van der Waals surface area (Å²) in [6.45, 7) is 5.54. The van der Waals surface area contributed by atoms with Crippen molar-refractivity contribution < 1.29 is 9.47 Å². The molecule has 0 aliphatic carbocycles. The van der Waals surface area contributed by atoms with Crippen LogP contribution in [0.4, 0.5) is 11.8 Å². The maximum atomic E-state index is 6.02. The number of fused-ring (bicyclic) bond motifs is 1. The van der Waals surface area contributed by atoms with Crippen molar-refractivity contribution in [2.45, 2.75) is 6.54 Å². The Hall–Kier alpha value is -3.92. The molecule has 3 aromatic heterocycles. The molecule has 4 aromatic rings. The maximum absolute atomic E-state index is 6.02. The highest BCUT2D eigenvalue weighted by Gasteiger charge is 2.22. The van der Waals surface area contributed by atoms with Gasteiger partial charge in [-0.25, -0.2) is 9.97 Å². The summed E-state index contributed by atoms with van der Waals surface area (Å²) in [5.41, 5.74) is 8.72. The highest BCUT2D eigenvalue weighted by atomic mass is 16.5. The fraction of sp³-hybridized carbons (Fsp3) is 0.333. The van der Waals surface area contributed by atoms with Gasteiger partial charge in [-0.15, -0.1) is 0 Å². The molecule has 1 saturated heterocycles. The fourth-order valence-corrected chi connectivity index (χ4v) is 4.22. The second-order valence-electron chi connectivity index (χ2n) is 8.15. The van der Waals surface area contributed by atoms with Crippen molar-refractivity contribution in [1.82, 2.24) is 29.4 Å². The second kappa shape index (κ2) is 9.52. The van der Waals surface area contributed by atoms with Gasteiger partial charge in [0, 0.05) is 57.2 Å². The molecule has 1 aliphatic heterocycles. The van der Waals surface area contributed by atoms with Crippen molar-refractivity contribution in [3.63, 3.8) is 0 Å². The number of rotatable bonds is 7. The van der Waals surface area contributed by atoms with Crippen LogP contribution in [0, 0.1) is 0 Å². The predicted octanol–water partition coefficient (Wildman–Crippen LogP) is 2.31. The van der Waals surface area contributed by atoms with Crippen molar-refractivity contribution in [3.8, 4) is 22.8 Å². The summed E-state index contributed by atoms with van der Waals surface area (Å²) < 4.78 is 13.0. The number of piperazine rings is 1. The molecular formula is C24H28N8O2. The van der Waals surface area contributed by atoms with Crippen LogP contribution < -0.4 is 20.1 Å². The number of aromatic nitrogens is 5. The highest BCUT2D eigenvalue weighted by molar-refractivity contribution is 5.86. The Morgan fingerprint density at radius 3 is 2.41 bits per heavy atom. The Balaban J connectivity index is 1.39. The first-order valence-corrected chi connectivity index (χ1v) is 11.3. The van der Waals surface area contributed by atoms with Crippen LogP contribution in [0.1, 0.15) is 0 Å². The molecule has 1 aliphatic rings. The monoisotopic (exact) mass is 460 g/mol. The predicted molar refractivity (Wildman–Crippen MR) is 131 cm³/mol. The Morgan fingerprint density at radius 1 is 0.912 bits per heavy atom. The third-order valence-electron chi connectivity index (χ3n) is 6.10. The molecule has 34 heavy (non-hydrogen) atoms. The number of hydrogen-bond acceptors (Lipinski definition) is 9. The molecule has 10 heteroatoms. The van der Waals surface area contributed by atoms with Crippen LogP contribution in [0.15, 0.2) is 48.9 Å². The normalized spacial score (nSPS) is 14.5. The lowest BCUT2D eigenvalue weighted by atomic mass is 10.1. The summed E-state index contributed by atoms with van der Waals surface area (Å²) in [6, 6.07) is 9.78. The average Bonchev–Trinajstić information content (AvgIpc) is 3.40. The zero-order valence-corrected chi connectivity index (χ0v) is 19.4. The molecule has 1 fully saturated rings. The summed E-state index contributed by atoms with van der Waals surface area (Å²) in [5, 5.41) is 0. The molecule has 176 valence electrons. The summed E-state index contributed by atoms with van der Waals surface area (Å²) in [5.74, 6) is 2.21. The van der Waals surface area contributed by atoms with Crippen LogP contribution in [0.5, 0.6) is 11.5 Å². The highest BCUT2D eigenvalue weighted by Crippen LogP contribution is 2.32. The quantitative estimate of drug-likeness (QED) is 0.444. The van der Waals surface area contributed by atoms with Crippen LogP contribution in [-0.4, -0.2) is 76.3 Å². The number of anilines is 2. The standard InChI is InChI=1S/C24H28N8O2/c1-33-19-6-5-17(15-20(19)34-2)18-16-26-22-21(27-18)23(29-24(25)28-22)32-13-11-31(12-14-32)10-9-30-7-3-4-8-30/h3-8,15-16H,9-14H2,1-2H3,(H2,25,26,28,29). The third kappa shape index (κ3) is 4.44. The van der Waals surface area contributed by atoms with E-state index in [0.29, 0.717) is 28.4 Å². The first kappa shape index (κ1) is 21.9. The van der Waals surface area contributed by atoms with Gasteiger partial charge in [-0.3, -0.25) is 4.90 Å². The summed E-state index contributed by atoms with van der Waals surface area (Å²) in [7, 11) is 3.22. The van der Waals surface area contributed by atoms with Crippen molar-refractivity contribution in [3.05, 3.63) is 48.9 Å². The van der Waals surface area contributed by atoms with E-state index >= 15 is 0 Å². The van der Waals surface area contributed by atoms with E-state index in [-0.39, 0.29) is 5.95 Å². The van der Waals surface area contributed by atoms with E-state index in [9.17, 15) is 0 Å². The van der Waals surface area contributed by atoms with Crippen molar-refractivity contribution >= 4 is 22.9 Å². The summed E-state index contributed by atoms with van der Waals surface area (Å²) in [6.07, 6.45) is 5.89. The SMILES string of the molecule is COc1ccc(-c2cnc3nc(N)nc(N4CCN(CCn5cccc5)CC4)c3n2)cc1OC. The number of hydrogen-bond donors (Lipinski definition) is 1. The van der Waals surface area contributed by atoms with Gasteiger partial charge in [0.05, 0.1) is 26.1 Å². The molecule has 2 N–H and O–H groups in total. The minimum atomic E-state index is 0.200. The number of nitrogens with zero attached hydrogens (tertiary/aromatic N) is 7. The van der Waals surface area contributed by atoms with E-state index in [1.807, 2.05) is 18.2 Å². The van der Waals surface area contributed by atoms with Crippen LogP contribution in [-0.2, 0) is 6.54 Å². The molecule has 0 amide bonds. The van der Waals surface area contributed by atoms with E-state index in [2.05, 4.69) is 53.8 Å². The molecule has 0 atom stereocenters. The molecule has 0 spiro atoms. The molecule has 10 nitrogen and oxygen atoms in total. The third-order valence-corrected chi connectivity index (χ3v) is 6.10. The maximum Gasteiger partial charge on any atom is 0.224 e. The van der Waals surface area contributed by atoms with Gasteiger partial charge in [-0.05, 0) is 30.3 Å². The molecular weight excluding hydrogens is 432 g/mol. The molecule has 5 rings (SSSR count). The van der Waals surface area contributed by atoms with E-state index in [1.165, 1.54) is 0 Å². The molecule has 0 saturated carbocycles. The zero-order valence-electron chi connectivity index (χ0n) is 19.4. The molecule has 1 aromatic carbocycles. The van der Waals surface area contributed by atoms with Gasteiger partial charge < -0.3 is 24.7 Å². The second-order valence-corrected chi connectivity index (χ2v) is 8.15. The van der Waals surface area contributed by atoms with Gasteiger partial charge in [-0.1, -0.05) is 0 Å². The lowest BCUT2D eigenvalue weighted by Crippen LogP contribution is -2.47. The van der Waals surface area contributed by atoms with Gasteiger partial charge in [-0.2, -0.15) is 9.97 Å². The lowest BCUT2D eigenvalue weighted by Gasteiger charge is -2.35. The van der Waals surface area contributed by atoms with Crippen molar-refractivity contribution in [1.29, 1.82) is 0 Å². The number of ether oxygens (including phenoxy) is 2. The minimum absolute atomic E-state index is 0.200. The van der Waals surface area contributed by atoms with Crippen LogP contribution in [0.25, 0.3) is 22.4 Å². The first-order chi connectivity index (χ1) is 16.6. The lowest BCUT2D eigenvalue weighted by molar-refractivity contribution is 0.248. The van der Waals surface area contributed by atoms with Gasteiger partial charge in [0.25, 0.3) is 0 Å². The summed E-state index contributed by atoms with van der Waals surface area (Å²) >= 11 is 0. The van der Waals surface area contributed by atoms with Gasteiger partial charge >= 0.3 is 0 Å². The van der Waals surface area contributed by atoms with Gasteiger partial charge in [0.2, 0.25) is 5.95 Å².